The molecule has 11 rings (SSSR count). The van der Waals surface area contributed by atoms with Crippen LogP contribution in [0.15, 0.2) is 167 Å². The molecule has 4 aromatic heterocycles. The molecule has 0 fully saturated rings. The van der Waals surface area contributed by atoms with Gasteiger partial charge < -0.3 is 8.83 Å². The molecule has 242 valence electrons. The quantitative estimate of drug-likeness (QED) is 0.186. The van der Waals surface area contributed by atoms with Crippen molar-refractivity contribution in [1.29, 1.82) is 0 Å². The van der Waals surface area contributed by atoms with E-state index in [9.17, 15) is 0 Å². The van der Waals surface area contributed by atoms with E-state index >= 15 is 0 Å². The molecule has 0 spiro atoms. The van der Waals surface area contributed by atoms with Gasteiger partial charge >= 0.3 is 0 Å². The van der Waals surface area contributed by atoms with Gasteiger partial charge in [-0.1, -0.05) is 109 Å². The summed E-state index contributed by atoms with van der Waals surface area (Å²) < 4.78 is 12.6. The highest BCUT2D eigenvalue weighted by atomic mass is 16.3. The van der Waals surface area contributed by atoms with Gasteiger partial charge in [-0.3, -0.25) is 4.98 Å². The number of furan rings is 2. The van der Waals surface area contributed by atoms with Crippen LogP contribution in [0.2, 0.25) is 0 Å². The van der Waals surface area contributed by atoms with Gasteiger partial charge in [0, 0.05) is 44.6 Å². The Morgan fingerprint density at radius 3 is 1.77 bits per heavy atom. The second-order valence-electron chi connectivity index (χ2n) is 13.0. The van der Waals surface area contributed by atoms with E-state index in [1.165, 1.54) is 0 Å². The molecule has 0 amide bonds. The second kappa shape index (κ2) is 11.2. The van der Waals surface area contributed by atoms with Crippen LogP contribution in [0.3, 0.4) is 0 Å². The maximum atomic E-state index is 6.28. The van der Waals surface area contributed by atoms with Crippen LogP contribution < -0.4 is 0 Å². The molecule has 0 atom stereocenters. The van der Waals surface area contributed by atoms with Crippen LogP contribution in [0, 0.1) is 0 Å². The third-order valence-corrected chi connectivity index (χ3v) is 9.95. The molecule has 0 aliphatic rings. The molecule has 4 heterocycles. The Labute approximate surface area is 296 Å². The van der Waals surface area contributed by atoms with Crippen molar-refractivity contribution < 1.29 is 8.83 Å². The number of hydrogen-bond donors (Lipinski definition) is 0. The van der Waals surface area contributed by atoms with Gasteiger partial charge in [-0.05, 0) is 64.0 Å². The minimum atomic E-state index is 0.564. The Bertz CT molecular complexity index is 3210. The number of nitrogens with zero attached hydrogens (tertiary/aromatic N) is 4. The van der Waals surface area contributed by atoms with Gasteiger partial charge in [0.15, 0.2) is 17.5 Å². The molecule has 0 aliphatic carbocycles. The molecule has 11 aromatic rings. The number of para-hydroxylation sites is 2. The molecule has 0 radical (unpaired) electrons. The van der Waals surface area contributed by atoms with Crippen molar-refractivity contribution in [3.63, 3.8) is 0 Å². The van der Waals surface area contributed by atoms with Gasteiger partial charge in [-0.2, -0.15) is 0 Å². The summed E-state index contributed by atoms with van der Waals surface area (Å²) in [5.41, 5.74) is 7.69. The molecule has 7 aromatic carbocycles. The van der Waals surface area contributed by atoms with Crippen LogP contribution in [0.25, 0.3) is 111 Å². The van der Waals surface area contributed by atoms with Crippen molar-refractivity contribution in [2.24, 2.45) is 0 Å². The maximum absolute atomic E-state index is 6.28. The van der Waals surface area contributed by atoms with Crippen molar-refractivity contribution >= 4 is 65.4 Å². The summed E-state index contributed by atoms with van der Waals surface area (Å²) in [6, 6.07) is 51.6. The zero-order valence-corrected chi connectivity index (χ0v) is 27.6. The SMILES string of the molecule is c1ccc2cc(-c3nc(-c4cc(-c5nccc6oc7ccccc7c56)c5ccccc5c4)nc(-c4cccc5oc6ccccc6c45)n3)ccc2c1. The molecule has 0 saturated heterocycles. The fourth-order valence-corrected chi connectivity index (χ4v) is 7.55. The molecule has 0 saturated carbocycles. The van der Waals surface area contributed by atoms with Crippen molar-refractivity contribution in [3.05, 3.63) is 158 Å². The third-order valence-electron chi connectivity index (χ3n) is 9.95. The molecular formula is C46H26N4O2. The first-order valence-corrected chi connectivity index (χ1v) is 17.2. The van der Waals surface area contributed by atoms with Gasteiger partial charge in [0.25, 0.3) is 0 Å². The summed E-state index contributed by atoms with van der Waals surface area (Å²) in [5, 5.41) is 8.40. The van der Waals surface area contributed by atoms with Crippen molar-refractivity contribution in [3.8, 4) is 45.4 Å². The normalized spacial score (nSPS) is 11.8. The molecule has 52 heavy (non-hydrogen) atoms. The Kier molecular flexibility index (Phi) is 6.15. The zero-order valence-electron chi connectivity index (χ0n) is 27.6. The third kappa shape index (κ3) is 4.44. The van der Waals surface area contributed by atoms with Gasteiger partial charge in [-0.15, -0.1) is 0 Å². The lowest BCUT2D eigenvalue weighted by Crippen LogP contribution is -2.01. The van der Waals surface area contributed by atoms with Gasteiger partial charge in [0.1, 0.15) is 22.3 Å². The zero-order chi connectivity index (χ0) is 34.2. The van der Waals surface area contributed by atoms with Crippen LogP contribution in [0.1, 0.15) is 0 Å². The number of benzene rings is 7. The van der Waals surface area contributed by atoms with E-state index < -0.39 is 0 Å². The Hall–Kier alpha value is -7.18. The number of hydrogen-bond acceptors (Lipinski definition) is 6. The highest BCUT2D eigenvalue weighted by Crippen LogP contribution is 2.41. The first-order chi connectivity index (χ1) is 25.7. The molecule has 0 bridgehead atoms. The molecular weight excluding hydrogens is 641 g/mol. The summed E-state index contributed by atoms with van der Waals surface area (Å²) in [6.45, 7) is 0. The van der Waals surface area contributed by atoms with Crippen molar-refractivity contribution in [2.45, 2.75) is 0 Å². The van der Waals surface area contributed by atoms with Crippen LogP contribution >= 0.6 is 0 Å². The van der Waals surface area contributed by atoms with Crippen molar-refractivity contribution in [1.82, 2.24) is 19.9 Å². The molecule has 0 N–H and O–H groups in total. The van der Waals surface area contributed by atoms with E-state index in [1.54, 1.807) is 0 Å². The van der Waals surface area contributed by atoms with Gasteiger partial charge in [-0.25, -0.2) is 15.0 Å². The summed E-state index contributed by atoms with van der Waals surface area (Å²) >= 11 is 0. The monoisotopic (exact) mass is 666 g/mol. The number of fused-ring (bicyclic) bond motifs is 8. The Balaban J connectivity index is 1.20. The lowest BCUT2D eigenvalue weighted by Gasteiger charge is -2.13. The number of rotatable bonds is 4. The topological polar surface area (TPSA) is 77.8 Å². The van der Waals surface area contributed by atoms with E-state index in [0.717, 1.165) is 93.4 Å². The van der Waals surface area contributed by atoms with Crippen LogP contribution in [-0.4, -0.2) is 19.9 Å². The van der Waals surface area contributed by atoms with E-state index in [2.05, 4.69) is 97.1 Å². The minimum absolute atomic E-state index is 0.564. The van der Waals surface area contributed by atoms with Gasteiger partial charge in [0.2, 0.25) is 0 Å². The predicted molar refractivity (Wildman–Crippen MR) is 209 cm³/mol. The van der Waals surface area contributed by atoms with Crippen LogP contribution in [0.5, 0.6) is 0 Å². The highest BCUT2D eigenvalue weighted by Gasteiger charge is 2.21. The number of aromatic nitrogens is 4. The predicted octanol–water partition coefficient (Wildman–Crippen LogP) is 12.0. The van der Waals surface area contributed by atoms with E-state index in [4.69, 9.17) is 28.8 Å². The average molecular weight is 667 g/mol. The van der Waals surface area contributed by atoms with E-state index in [1.807, 2.05) is 60.8 Å². The molecule has 0 unspecified atom stereocenters. The Morgan fingerprint density at radius 2 is 0.962 bits per heavy atom. The molecule has 6 nitrogen and oxygen atoms in total. The molecule has 0 aliphatic heterocycles. The largest absolute Gasteiger partial charge is 0.456 e. The number of pyridine rings is 1. The van der Waals surface area contributed by atoms with Gasteiger partial charge in [0.05, 0.1) is 11.1 Å². The average Bonchev–Trinajstić information content (AvgIpc) is 3.79. The first-order valence-electron chi connectivity index (χ1n) is 17.2. The van der Waals surface area contributed by atoms with E-state index in [0.29, 0.717) is 17.5 Å². The van der Waals surface area contributed by atoms with Crippen LogP contribution in [0.4, 0.5) is 0 Å². The van der Waals surface area contributed by atoms with Crippen molar-refractivity contribution in [2.75, 3.05) is 0 Å². The fourth-order valence-electron chi connectivity index (χ4n) is 7.55. The lowest BCUT2D eigenvalue weighted by molar-refractivity contribution is 0.668. The summed E-state index contributed by atoms with van der Waals surface area (Å²) in [5.74, 6) is 1.72. The molecule has 6 heteroatoms. The minimum Gasteiger partial charge on any atom is -0.456 e. The maximum Gasteiger partial charge on any atom is 0.164 e. The lowest BCUT2D eigenvalue weighted by atomic mass is 9.95. The smallest absolute Gasteiger partial charge is 0.164 e. The highest BCUT2D eigenvalue weighted by molar-refractivity contribution is 6.15. The fraction of sp³-hybridized carbons (Fsp3) is 0. The summed E-state index contributed by atoms with van der Waals surface area (Å²) in [7, 11) is 0. The van der Waals surface area contributed by atoms with E-state index in [-0.39, 0.29) is 0 Å². The van der Waals surface area contributed by atoms with Crippen LogP contribution in [-0.2, 0) is 0 Å². The Morgan fingerprint density at radius 1 is 0.365 bits per heavy atom. The second-order valence-corrected chi connectivity index (χ2v) is 13.0. The summed E-state index contributed by atoms with van der Waals surface area (Å²) in [4.78, 5) is 20.6. The standard InChI is InChI=1S/C46H26N4O2/c1-2-11-28-24-30(21-20-27(28)10-1)44-48-45(50-46(49-44)35-16-9-19-39-41(35)33-14-5-7-17-37(33)51-39)31-25-29-12-3-4-13-32(29)36(26-31)43-42-34-15-6-8-18-38(34)52-40(42)22-23-47-43/h1-26H. The summed E-state index contributed by atoms with van der Waals surface area (Å²) in [6.07, 6.45) is 1.82. The first kappa shape index (κ1) is 28.6.